The first kappa shape index (κ1) is 8.32. The largest absolute Gasteiger partial charge is 0.494 e. The molecule has 1 aromatic heterocycles. The van der Waals surface area contributed by atoms with E-state index in [0.717, 1.165) is 12.1 Å². The molecule has 0 saturated carbocycles. The van der Waals surface area contributed by atoms with Gasteiger partial charge in [0.1, 0.15) is 0 Å². The molecule has 5 nitrogen and oxygen atoms in total. The van der Waals surface area contributed by atoms with E-state index < -0.39 is 11.5 Å². The normalized spacial score (nSPS) is 9.42. The molecule has 0 radical (unpaired) electrons. The van der Waals surface area contributed by atoms with E-state index in [1.165, 1.54) is 7.11 Å². The molecule has 1 heterocycles. The predicted octanol–water partition coefficient (Wildman–Crippen LogP) is -0.133. The van der Waals surface area contributed by atoms with Crippen LogP contribution in [0, 0.1) is 0 Å². The molecule has 0 aliphatic rings. The van der Waals surface area contributed by atoms with Gasteiger partial charge >= 0.3 is 5.97 Å². The van der Waals surface area contributed by atoms with Crippen LogP contribution in [-0.2, 0) is 4.74 Å². The predicted molar refractivity (Wildman–Crippen MR) is 40.1 cm³/mol. The van der Waals surface area contributed by atoms with E-state index in [4.69, 9.17) is 5.11 Å². The standard InChI is InChI=1S/C7H7NO4/c1-12-7(11)4-2-5(9)8-6(10)3-4/h2-3H,1H3,(H2,8,9,10). The minimum Gasteiger partial charge on any atom is -0.494 e. The van der Waals surface area contributed by atoms with Gasteiger partial charge in [0.15, 0.2) is 5.88 Å². The van der Waals surface area contributed by atoms with E-state index >= 15 is 0 Å². The summed E-state index contributed by atoms with van der Waals surface area (Å²) < 4.78 is 4.34. The van der Waals surface area contributed by atoms with Gasteiger partial charge in [-0.2, -0.15) is 0 Å². The second-order valence-electron chi connectivity index (χ2n) is 2.11. The summed E-state index contributed by atoms with van der Waals surface area (Å²) >= 11 is 0. The molecule has 1 rings (SSSR count). The first-order valence-corrected chi connectivity index (χ1v) is 3.15. The average molecular weight is 169 g/mol. The number of pyridine rings is 1. The van der Waals surface area contributed by atoms with Crippen LogP contribution in [0.5, 0.6) is 5.88 Å². The topological polar surface area (TPSA) is 79.4 Å². The summed E-state index contributed by atoms with van der Waals surface area (Å²) in [6.45, 7) is 0. The fourth-order valence-corrected chi connectivity index (χ4v) is 0.764. The highest BCUT2D eigenvalue weighted by Gasteiger charge is 2.06. The number of esters is 1. The highest BCUT2D eigenvalue weighted by Crippen LogP contribution is 2.04. The summed E-state index contributed by atoms with van der Waals surface area (Å²) in [6.07, 6.45) is 0. The molecule has 0 aromatic carbocycles. The smallest absolute Gasteiger partial charge is 0.338 e. The van der Waals surface area contributed by atoms with Crippen LogP contribution in [0.1, 0.15) is 10.4 Å². The lowest BCUT2D eigenvalue weighted by atomic mass is 10.3. The molecule has 0 fully saturated rings. The van der Waals surface area contributed by atoms with Crippen molar-refractivity contribution in [1.82, 2.24) is 4.98 Å². The molecule has 0 saturated heterocycles. The first-order valence-electron chi connectivity index (χ1n) is 3.15. The van der Waals surface area contributed by atoms with Gasteiger partial charge in [-0.15, -0.1) is 0 Å². The molecule has 12 heavy (non-hydrogen) atoms. The second-order valence-corrected chi connectivity index (χ2v) is 2.11. The van der Waals surface area contributed by atoms with Crippen molar-refractivity contribution in [1.29, 1.82) is 0 Å². The number of aromatic hydroxyl groups is 1. The van der Waals surface area contributed by atoms with Gasteiger partial charge in [-0.25, -0.2) is 4.79 Å². The third-order valence-corrected chi connectivity index (χ3v) is 1.25. The maximum atomic E-state index is 10.8. The summed E-state index contributed by atoms with van der Waals surface area (Å²) in [7, 11) is 1.20. The number of methoxy groups -OCH3 is 1. The third kappa shape index (κ3) is 1.63. The average Bonchev–Trinajstić information content (AvgIpc) is 2.01. The zero-order chi connectivity index (χ0) is 9.14. The van der Waals surface area contributed by atoms with Crippen molar-refractivity contribution in [2.75, 3.05) is 7.11 Å². The van der Waals surface area contributed by atoms with Crippen molar-refractivity contribution in [3.05, 3.63) is 28.0 Å². The summed E-state index contributed by atoms with van der Waals surface area (Å²) in [5, 5.41) is 8.87. The molecule has 0 amide bonds. The van der Waals surface area contributed by atoms with E-state index in [-0.39, 0.29) is 11.4 Å². The van der Waals surface area contributed by atoms with E-state index in [2.05, 4.69) is 9.72 Å². The van der Waals surface area contributed by atoms with Crippen LogP contribution in [0.15, 0.2) is 16.9 Å². The molecule has 0 unspecified atom stereocenters. The molecule has 0 atom stereocenters. The minimum atomic E-state index is -0.656. The maximum Gasteiger partial charge on any atom is 0.338 e. The van der Waals surface area contributed by atoms with Gasteiger partial charge in [-0.1, -0.05) is 0 Å². The summed E-state index contributed by atoms with van der Waals surface area (Å²) in [5.74, 6) is -1.01. The molecule has 1 aromatic rings. The fourth-order valence-electron chi connectivity index (χ4n) is 0.764. The highest BCUT2D eigenvalue weighted by atomic mass is 16.5. The number of carbonyl (C=O) groups is 1. The molecular formula is C7H7NO4. The van der Waals surface area contributed by atoms with Crippen molar-refractivity contribution in [3.63, 3.8) is 0 Å². The fraction of sp³-hybridized carbons (Fsp3) is 0.143. The van der Waals surface area contributed by atoms with E-state index in [0.29, 0.717) is 0 Å². The summed E-state index contributed by atoms with van der Waals surface area (Å²) in [4.78, 5) is 23.6. The van der Waals surface area contributed by atoms with Crippen molar-refractivity contribution in [2.45, 2.75) is 0 Å². The number of aromatic amines is 1. The Morgan fingerprint density at radius 3 is 2.75 bits per heavy atom. The molecule has 64 valence electrons. The van der Waals surface area contributed by atoms with Crippen LogP contribution in [-0.4, -0.2) is 23.2 Å². The molecule has 0 aliphatic heterocycles. The van der Waals surface area contributed by atoms with Gasteiger partial charge in [0.05, 0.1) is 12.7 Å². The van der Waals surface area contributed by atoms with Gasteiger partial charge in [0, 0.05) is 12.1 Å². The van der Waals surface area contributed by atoms with E-state index in [9.17, 15) is 9.59 Å². The maximum absolute atomic E-state index is 10.8. The Hall–Kier alpha value is -1.78. The lowest BCUT2D eigenvalue weighted by molar-refractivity contribution is 0.0600. The lowest BCUT2D eigenvalue weighted by Crippen LogP contribution is -2.09. The molecular weight excluding hydrogens is 162 g/mol. The van der Waals surface area contributed by atoms with Crippen LogP contribution >= 0.6 is 0 Å². The first-order chi connectivity index (χ1) is 5.63. The van der Waals surface area contributed by atoms with E-state index in [1.54, 1.807) is 0 Å². The number of hydrogen-bond donors (Lipinski definition) is 2. The number of rotatable bonds is 1. The lowest BCUT2D eigenvalue weighted by Gasteiger charge is -1.97. The van der Waals surface area contributed by atoms with Gasteiger partial charge in [0.2, 0.25) is 0 Å². The quantitative estimate of drug-likeness (QED) is 0.574. The monoisotopic (exact) mass is 169 g/mol. The van der Waals surface area contributed by atoms with Crippen LogP contribution in [0.4, 0.5) is 0 Å². The van der Waals surface area contributed by atoms with Crippen molar-refractivity contribution < 1.29 is 14.6 Å². The van der Waals surface area contributed by atoms with Gasteiger partial charge in [0.25, 0.3) is 5.56 Å². The molecule has 0 bridgehead atoms. The molecule has 0 spiro atoms. The zero-order valence-corrected chi connectivity index (χ0v) is 6.33. The Morgan fingerprint density at radius 1 is 1.58 bits per heavy atom. The zero-order valence-electron chi connectivity index (χ0n) is 6.33. The SMILES string of the molecule is COC(=O)c1cc(O)[nH]c(=O)c1. The van der Waals surface area contributed by atoms with E-state index in [1.807, 2.05) is 0 Å². The number of aromatic nitrogens is 1. The third-order valence-electron chi connectivity index (χ3n) is 1.25. The number of carbonyl (C=O) groups excluding carboxylic acids is 1. The highest BCUT2D eigenvalue weighted by molar-refractivity contribution is 5.89. The number of hydrogen-bond acceptors (Lipinski definition) is 4. The second kappa shape index (κ2) is 3.08. The van der Waals surface area contributed by atoms with Crippen LogP contribution in [0.2, 0.25) is 0 Å². The molecule has 2 N–H and O–H groups in total. The Kier molecular flexibility index (Phi) is 2.14. The van der Waals surface area contributed by atoms with Gasteiger partial charge in [-0.05, 0) is 0 Å². The van der Waals surface area contributed by atoms with Crippen LogP contribution in [0.3, 0.4) is 0 Å². The number of nitrogens with one attached hydrogen (secondary N) is 1. The van der Waals surface area contributed by atoms with Crippen molar-refractivity contribution in [2.24, 2.45) is 0 Å². The molecule has 5 heteroatoms. The minimum absolute atomic E-state index is 0.0266. The van der Waals surface area contributed by atoms with Crippen LogP contribution < -0.4 is 5.56 Å². The number of H-pyrrole nitrogens is 1. The number of ether oxygens (including phenoxy) is 1. The van der Waals surface area contributed by atoms with Gasteiger partial charge < -0.3 is 9.84 Å². The van der Waals surface area contributed by atoms with Crippen molar-refractivity contribution in [3.8, 4) is 5.88 Å². The molecule has 0 aliphatic carbocycles. The van der Waals surface area contributed by atoms with Crippen LogP contribution in [0.25, 0.3) is 0 Å². The Labute approximate surface area is 67.6 Å². The van der Waals surface area contributed by atoms with Crippen molar-refractivity contribution >= 4 is 5.97 Å². The van der Waals surface area contributed by atoms with Gasteiger partial charge in [-0.3, -0.25) is 9.78 Å². The summed E-state index contributed by atoms with van der Waals surface area (Å²) in [6, 6.07) is 2.17. The Balaban J connectivity index is 3.17. The Morgan fingerprint density at radius 2 is 2.25 bits per heavy atom. The Bertz CT molecular complexity index is 355. The summed E-state index contributed by atoms with van der Waals surface area (Å²) in [5.41, 5.74) is -0.519.